The monoisotopic (exact) mass is 153 g/mol. The molecule has 64 valence electrons. The Balaban J connectivity index is 2.28. The summed E-state index contributed by atoms with van der Waals surface area (Å²) in [6, 6.07) is 0. The summed E-state index contributed by atoms with van der Waals surface area (Å²) in [5.41, 5.74) is 5.39. The molecule has 1 aliphatic carbocycles. The van der Waals surface area contributed by atoms with Crippen LogP contribution in [0, 0.1) is 11.8 Å². The van der Waals surface area contributed by atoms with Crippen molar-refractivity contribution >= 4 is 0 Å². The number of allylic oxidation sites excluding steroid dienone is 1. The van der Waals surface area contributed by atoms with Gasteiger partial charge >= 0.3 is 0 Å². The molecule has 1 rings (SSSR count). The van der Waals surface area contributed by atoms with Crippen LogP contribution in [0.25, 0.3) is 0 Å². The molecular weight excluding hydrogens is 134 g/mol. The van der Waals surface area contributed by atoms with Gasteiger partial charge in [-0.25, -0.2) is 0 Å². The third-order valence-electron chi connectivity index (χ3n) is 2.52. The minimum atomic E-state index is 0.699. The van der Waals surface area contributed by atoms with E-state index >= 15 is 0 Å². The normalized spacial score (nSPS) is 32.9. The minimum Gasteiger partial charge on any atom is -0.327 e. The Bertz CT molecular complexity index is 129. The smallest absolute Gasteiger partial charge is 0.0106 e. The summed E-state index contributed by atoms with van der Waals surface area (Å²) in [6.07, 6.45) is 9.98. The molecule has 0 aromatic rings. The topological polar surface area (TPSA) is 26.0 Å². The summed E-state index contributed by atoms with van der Waals surface area (Å²) < 4.78 is 0. The van der Waals surface area contributed by atoms with Crippen LogP contribution in [0.5, 0.6) is 0 Å². The van der Waals surface area contributed by atoms with Crippen LogP contribution in [0.1, 0.15) is 32.6 Å². The van der Waals surface area contributed by atoms with Crippen LogP contribution in [0.15, 0.2) is 12.2 Å². The molecule has 0 radical (unpaired) electrons. The van der Waals surface area contributed by atoms with Gasteiger partial charge in [0.2, 0.25) is 0 Å². The van der Waals surface area contributed by atoms with E-state index in [1.807, 2.05) is 0 Å². The number of hydrogen-bond donors (Lipinski definition) is 1. The van der Waals surface area contributed by atoms with Crippen molar-refractivity contribution in [2.45, 2.75) is 32.6 Å². The molecular formula is C10H19N. The Labute approximate surface area is 69.7 Å². The highest BCUT2D eigenvalue weighted by Gasteiger charge is 2.15. The number of rotatable bonds is 2. The second-order valence-corrected chi connectivity index (χ2v) is 3.70. The van der Waals surface area contributed by atoms with E-state index in [9.17, 15) is 0 Å². The average Bonchev–Trinajstić information content (AvgIpc) is 2.01. The Morgan fingerprint density at radius 3 is 2.91 bits per heavy atom. The van der Waals surface area contributed by atoms with Crippen molar-refractivity contribution in [1.82, 2.24) is 0 Å². The van der Waals surface area contributed by atoms with E-state index < -0.39 is 0 Å². The summed E-state index contributed by atoms with van der Waals surface area (Å²) in [4.78, 5) is 0. The van der Waals surface area contributed by atoms with Crippen molar-refractivity contribution in [3.05, 3.63) is 12.2 Å². The van der Waals surface area contributed by atoms with Crippen molar-refractivity contribution in [2.75, 3.05) is 6.54 Å². The van der Waals surface area contributed by atoms with Crippen LogP contribution < -0.4 is 5.73 Å². The standard InChI is InChI=1S/C10H19N/c1-9-4-2-5-10(8-9)6-3-7-11/h3,6,9-10H,2,4-5,7-8,11H2,1H3/b6-3+. The van der Waals surface area contributed by atoms with Crippen molar-refractivity contribution in [2.24, 2.45) is 17.6 Å². The number of nitrogens with two attached hydrogens (primary N) is 1. The highest BCUT2D eigenvalue weighted by Crippen LogP contribution is 2.28. The van der Waals surface area contributed by atoms with Crippen LogP contribution in [0.4, 0.5) is 0 Å². The van der Waals surface area contributed by atoms with Crippen molar-refractivity contribution in [1.29, 1.82) is 0 Å². The van der Waals surface area contributed by atoms with E-state index in [1.54, 1.807) is 0 Å². The lowest BCUT2D eigenvalue weighted by atomic mass is 9.82. The molecule has 0 aromatic heterocycles. The largest absolute Gasteiger partial charge is 0.327 e. The Morgan fingerprint density at radius 2 is 2.27 bits per heavy atom. The molecule has 1 nitrogen and oxygen atoms in total. The summed E-state index contributed by atoms with van der Waals surface area (Å²) in [7, 11) is 0. The minimum absolute atomic E-state index is 0.699. The van der Waals surface area contributed by atoms with Gasteiger partial charge in [0.15, 0.2) is 0 Å². The van der Waals surface area contributed by atoms with Crippen LogP contribution in [0.3, 0.4) is 0 Å². The quantitative estimate of drug-likeness (QED) is 0.605. The van der Waals surface area contributed by atoms with Gasteiger partial charge in [-0.1, -0.05) is 31.9 Å². The molecule has 0 aromatic carbocycles. The first-order valence-corrected chi connectivity index (χ1v) is 4.69. The van der Waals surface area contributed by atoms with Crippen molar-refractivity contribution < 1.29 is 0 Å². The molecule has 2 N–H and O–H groups in total. The molecule has 1 fully saturated rings. The summed E-state index contributed by atoms with van der Waals surface area (Å²) in [6.45, 7) is 3.05. The van der Waals surface area contributed by atoms with Crippen molar-refractivity contribution in [3.63, 3.8) is 0 Å². The first kappa shape index (κ1) is 8.79. The molecule has 2 atom stereocenters. The lowest BCUT2D eigenvalue weighted by molar-refractivity contribution is 0.325. The van der Waals surface area contributed by atoms with Gasteiger partial charge in [-0.15, -0.1) is 0 Å². The molecule has 1 saturated carbocycles. The van der Waals surface area contributed by atoms with Crippen LogP contribution >= 0.6 is 0 Å². The average molecular weight is 153 g/mol. The second-order valence-electron chi connectivity index (χ2n) is 3.70. The summed E-state index contributed by atoms with van der Waals surface area (Å²) in [5, 5.41) is 0. The van der Waals surface area contributed by atoms with Gasteiger partial charge in [-0.2, -0.15) is 0 Å². The third kappa shape index (κ3) is 3.06. The fraction of sp³-hybridized carbons (Fsp3) is 0.800. The Kier molecular flexibility index (Phi) is 3.64. The molecule has 1 heteroatoms. The Morgan fingerprint density at radius 1 is 1.45 bits per heavy atom. The van der Waals surface area contributed by atoms with Crippen LogP contribution in [-0.2, 0) is 0 Å². The lowest BCUT2D eigenvalue weighted by Gasteiger charge is -2.23. The summed E-state index contributed by atoms with van der Waals surface area (Å²) in [5.74, 6) is 1.75. The summed E-state index contributed by atoms with van der Waals surface area (Å²) >= 11 is 0. The first-order chi connectivity index (χ1) is 5.33. The highest BCUT2D eigenvalue weighted by atomic mass is 14.5. The zero-order chi connectivity index (χ0) is 8.10. The molecule has 0 bridgehead atoms. The van der Waals surface area contributed by atoms with Crippen LogP contribution in [-0.4, -0.2) is 6.54 Å². The maximum Gasteiger partial charge on any atom is 0.0106 e. The maximum atomic E-state index is 5.39. The molecule has 0 aliphatic heterocycles. The molecule has 0 heterocycles. The van der Waals surface area contributed by atoms with E-state index in [1.165, 1.54) is 25.7 Å². The van der Waals surface area contributed by atoms with Gasteiger partial charge in [0.05, 0.1) is 0 Å². The second kappa shape index (κ2) is 4.55. The third-order valence-corrected chi connectivity index (χ3v) is 2.52. The maximum absolute atomic E-state index is 5.39. The zero-order valence-electron chi connectivity index (χ0n) is 7.42. The van der Waals surface area contributed by atoms with E-state index in [0.717, 1.165) is 11.8 Å². The van der Waals surface area contributed by atoms with Gasteiger partial charge in [0.25, 0.3) is 0 Å². The lowest BCUT2D eigenvalue weighted by Crippen LogP contribution is -2.11. The molecule has 0 saturated heterocycles. The van der Waals surface area contributed by atoms with Crippen LogP contribution in [0.2, 0.25) is 0 Å². The van der Waals surface area contributed by atoms with Gasteiger partial charge in [0, 0.05) is 6.54 Å². The van der Waals surface area contributed by atoms with E-state index in [2.05, 4.69) is 19.1 Å². The first-order valence-electron chi connectivity index (χ1n) is 4.69. The predicted molar refractivity (Wildman–Crippen MR) is 49.3 cm³/mol. The Hall–Kier alpha value is -0.300. The van der Waals surface area contributed by atoms with E-state index in [0.29, 0.717) is 6.54 Å². The van der Waals surface area contributed by atoms with Gasteiger partial charge in [-0.3, -0.25) is 0 Å². The van der Waals surface area contributed by atoms with Gasteiger partial charge in [0.1, 0.15) is 0 Å². The fourth-order valence-corrected chi connectivity index (χ4v) is 1.93. The SMILES string of the molecule is CC1CCCC(/C=C/CN)C1. The molecule has 2 unspecified atom stereocenters. The number of hydrogen-bond acceptors (Lipinski definition) is 1. The van der Waals surface area contributed by atoms with Gasteiger partial charge in [-0.05, 0) is 24.7 Å². The molecule has 0 amide bonds. The van der Waals surface area contributed by atoms with Crippen molar-refractivity contribution in [3.8, 4) is 0 Å². The molecule has 0 spiro atoms. The molecule has 11 heavy (non-hydrogen) atoms. The highest BCUT2D eigenvalue weighted by molar-refractivity contribution is 4.91. The van der Waals surface area contributed by atoms with Gasteiger partial charge < -0.3 is 5.73 Å². The fourth-order valence-electron chi connectivity index (χ4n) is 1.93. The van der Waals surface area contributed by atoms with E-state index in [-0.39, 0.29) is 0 Å². The van der Waals surface area contributed by atoms with E-state index in [4.69, 9.17) is 5.73 Å². The predicted octanol–water partition coefficient (Wildman–Crippen LogP) is 2.33. The zero-order valence-corrected chi connectivity index (χ0v) is 7.42. The molecule has 1 aliphatic rings.